The lowest BCUT2D eigenvalue weighted by atomic mass is 10.0. The predicted molar refractivity (Wildman–Crippen MR) is 130 cm³/mol. The Bertz CT molecular complexity index is 990. The normalized spacial score (nSPS) is 12.1. The maximum atomic E-state index is 13.1. The highest BCUT2D eigenvalue weighted by Crippen LogP contribution is 2.29. The smallest absolute Gasteiger partial charge is 0.241 e. The Morgan fingerprint density at radius 1 is 1.06 bits per heavy atom. The highest BCUT2D eigenvalue weighted by Gasteiger charge is 2.17. The van der Waals surface area contributed by atoms with Crippen molar-refractivity contribution in [1.29, 1.82) is 0 Å². The molecule has 172 valence electrons. The van der Waals surface area contributed by atoms with Gasteiger partial charge in [-0.2, -0.15) is 11.8 Å². The van der Waals surface area contributed by atoms with Gasteiger partial charge in [0.05, 0.1) is 38.6 Å². The lowest BCUT2D eigenvalue weighted by Gasteiger charge is -2.15. The number of carbonyl (C=O) groups is 2. The van der Waals surface area contributed by atoms with Crippen LogP contribution in [-0.4, -0.2) is 51.1 Å². The number of methoxy groups -OCH3 is 3. The lowest BCUT2D eigenvalue weighted by molar-refractivity contribution is -0.117. The monoisotopic (exact) mass is 458 g/mol. The van der Waals surface area contributed by atoms with Gasteiger partial charge in [0.1, 0.15) is 17.2 Å². The summed E-state index contributed by atoms with van der Waals surface area (Å²) in [5.41, 5.74) is 8.09. The number of amides is 1. The molecule has 2 rings (SSSR count). The van der Waals surface area contributed by atoms with E-state index in [9.17, 15) is 9.59 Å². The van der Waals surface area contributed by atoms with Crippen molar-refractivity contribution in [3.63, 3.8) is 0 Å². The van der Waals surface area contributed by atoms with Crippen LogP contribution in [0.25, 0.3) is 6.08 Å². The highest BCUT2D eigenvalue weighted by atomic mass is 32.2. The number of thioether (sulfide) groups is 1. The molecule has 0 aliphatic heterocycles. The summed E-state index contributed by atoms with van der Waals surface area (Å²) in [6.45, 7) is 1.72. The molecule has 8 heteroatoms. The van der Waals surface area contributed by atoms with Gasteiger partial charge < -0.3 is 25.3 Å². The van der Waals surface area contributed by atoms with E-state index in [0.29, 0.717) is 40.5 Å². The van der Waals surface area contributed by atoms with Crippen LogP contribution >= 0.6 is 11.8 Å². The Hall–Kier alpha value is -2.97. The zero-order valence-electron chi connectivity index (χ0n) is 19.1. The number of ketones is 1. The minimum atomic E-state index is -0.616. The van der Waals surface area contributed by atoms with Gasteiger partial charge in [-0.05, 0) is 72.9 Å². The maximum absolute atomic E-state index is 13.1. The van der Waals surface area contributed by atoms with E-state index in [0.717, 1.165) is 11.3 Å². The molecule has 0 aromatic heterocycles. The van der Waals surface area contributed by atoms with Crippen molar-refractivity contribution in [1.82, 2.24) is 0 Å². The fourth-order valence-electron chi connectivity index (χ4n) is 3.03. The van der Waals surface area contributed by atoms with Gasteiger partial charge in [0.15, 0.2) is 5.78 Å². The molecule has 1 atom stereocenters. The first-order valence-electron chi connectivity index (χ1n) is 10.0. The molecule has 0 spiro atoms. The van der Waals surface area contributed by atoms with E-state index in [2.05, 4.69) is 5.32 Å². The second-order valence-corrected chi connectivity index (χ2v) is 8.05. The van der Waals surface area contributed by atoms with E-state index in [1.165, 1.54) is 14.2 Å². The van der Waals surface area contributed by atoms with Crippen LogP contribution in [0.3, 0.4) is 0 Å². The van der Waals surface area contributed by atoms with Crippen LogP contribution in [-0.2, 0) is 4.79 Å². The number of ether oxygens (including phenoxy) is 3. The van der Waals surface area contributed by atoms with Crippen molar-refractivity contribution < 1.29 is 23.8 Å². The number of hydrogen-bond donors (Lipinski definition) is 2. The molecule has 0 radical (unpaired) electrons. The van der Waals surface area contributed by atoms with Crippen molar-refractivity contribution in [2.75, 3.05) is 38.7 Å². The average Bonchev–Trinajstić information content (AvgIpc) is 2.81. The van der Waals surface area contributed by atoms with Gasteiger partial charge in [0.2, 0.25) is 5.91 Å². The van der Waals surface area contributed by atoms with Crippen LogP contribution in [0.5, 0.6) is 17.2 Å². The van der Waals surface area contributed by atoms with Crippen molar-refractivity contribution in [3.05, 3.63) is 53.1 Å². The van der Waals surface area contributed by atoms with Crippen LogP contribution < -0.4 is 25.3 Å². The molecule has 3 N–H and O–H groups in total. The Morgan fingerprint density at radius 2 is 1.75 bits per heavy atom. The van der Waals surface area contributed by atoms with E-state index in [4.69, 9.17) is 19.9 Å². The molecule has 2 aromatic rings. The summed E-state index contributed by atoms with van der Waals surface area (Å²) in [5, 5.41) is 2.83. The second kappa shape index (κ2) is 12.2. The number of nitrogens with one attached hydrogen (secondary N) is 1. The van der Waals surface area contributed by atoms with E-state index in [1.807, 2.05) is 12.3 Å². The highest BCUT2D eigenvalue weighted by molar-refractivity contribution is 7.98. The molecular weight excluding hydrogens is 428 g/mol. The SMILES string of the molecule is COc1ccc(OC)c(C(=O)C(C)=Cc2ccc(OC)c(NC(=O)C(N)CCSC)c2)c1. The fourth-order valence-corrected chi connectivity index (χ4v) is 3.52. The molecular formula is C24H30N2O5S. The summed E-state index contributed by atoms with van der Waals surface area (Å²) in [6, 6.07) is 9.75. The van der Waals surface area contributed by atoms with Crippen molar-refractivity contribution in [2.45, 2.75) is 19.4 Å². The maximum Gasteiger partial charge on any atom is 0.241 e. The zero-order chi connectivity index (χ0) is 23.7. The largest absolute Gasteiger partial charge is 0.497 e. The second-order valence-electron chi connectivity index (χ2n) is 7.06. The molecule has 1 unspecified atom stereocenters. The third-order valence-corrected chi connectivity index (χ3v) is 5.49. The molecule has 0 bridgehead atoms. The molecule has 32 heavy (non-hydrogen) atoms. The van der Waals surface area contributed by atoms with Gasteiger partial charge in [-0.25, -0.2) is 0 Å². The van der Waals surface area contributed by atoms with Gasteiger partial charge in [0, 0.05) is 0 Å². The van der Waals surface area contributed by atoms with Crippen LogP contribution in [0.1, 0.15) is 29.3 Å². The topological polar surface area (TPSA) is 99.9 Å². The Morgan fingerprint density at radius 3 is 2.38 bits per heavy atom. The summed E-state index contributed by atoms with van der Waals surface area (Å²) in [4.78, 5) is 25.5. The zero-order valence-corrected chi connectivity index (χ0v) is 19.9. The van der Waals surface area contributed by atoms with Gasteiger partial charge in [-0.1, -0.05) is 6.07 Å². The quantitative estimate of drug-likeness (QED) is 0.387. The number of nitrogens with two attached hydrogens (primary N) is 1. The molecule has 0 saturated heterocycles. The Kier molecular flexibility index (Phi) is 9.61. The molecule has 0 heterocycles. The third kappa shape index (κ3) is 6.51. The Balaban J connectivity index is 2.31. The first kappa shape index (κ1) is 25.3. The van der Waals surface area contributed by atoms with E-state index < -0.39 is 6.04 Å². The van der Waals surface area contributed by atoms with Gasteiger partial charge in [0.25, 0.3) is 0 Å². The first-order valence-corrected chi connectivity index (χ1v) is 11.4. The number of benzene rings is 2. The van der Waals surface area contributed by atoms with Crippen molar-refractivity contribution in [2.24, 2.45) is 5.73 Å². The third-order valence-electron chi connectivity index (χ3n) is 4.84. The first-order chi connectivity index (χ1) is 15.3. The van der Waals surface area contributed by atoms with Crippen molar-refractivity contribution in [3.8, 4) is 17.2 Å². The van der Waals surface area contributed by atoms with Crippen LogP contribution in [0.4, 0.5) is 5.69 Å². The number of Topliss-reactive ketones (excluding diaryl/α,β-unsaturated/α-hetero) is 1. The number of allylic oxidation sites excluding steroid dienone is 1. The molecule has 0 fully saturated rings. The summed E-state index contributed by atoms with van der Waals surface area (Å²) < 4.78 is 15.9. The molecule has 0 saturated carbocycles. The molecule has 0 aliphatic rings. The summed E-state index contributed by atoms with van der Waals surface area (Å²) in [5.74, 6) is 1.85. The standard InChI is InChI=1S/C24H30N2O5S/c1-15(23(27)18-14-17(29-2)7-9-21(18)30-3)12-16-6-8-22(31-4)20(13-16)26-24(28)19(25)10-11-32-5/h6-9,12-14,19H,10-11,25H2,1-5H3,(H,26,28). The average molecular weight is 459 g/mol. The number of hydrogen-bond acceptors (Lipinski definition) is 7. The van der Waals surface area contributed by atoms with E-state index in [-0.39, 0.29) is 11.7 Å². The fraction of sp³-hybridized carbons (Fsp3) is 0.333. The number of anilines is 1. The van der Waals surface area contributed by atoms with E-state index in [1.54, 1.807) is 62.2 Å². The summed E-state index contributed by atoms with van der Waals surface area (Å²) >= 11 is 1.64. The number of carbonyl (C=O) groups excluding carboxylic acids is 2. The molecule has 0 aliphatic carbocycles. The van der Waals surface area contributed by atoms with Gasteiger partial charge in [-0.15, -0.1) is 0 Å². The van der Waals surface area contributed by atoms with Gasteiger partial charge in [-0.3, -0.25) is 9.59 Å². The van der Waals surface area contributed by atoms with Crippen LogP contribution in [0, 0.1) is 0 Å². The van der Waals surface area contributed by atoms with Crippen molar-refractivity contribution >= 4 is 35.2 Å². The van der Waals surface area contributed by atoms with Crippen LogP contribution in [0.2, 0.25) is 0 Å². The molecule has 1 amide bonds. The minimum absolute atomic E-state index is 0.193. The predicted octanol–water partition coefficient (Wildman–Crippen LogP) is 4.02. The lowest BCUT2D eigenvalue weighted by Crippen LogP contribution is -2.36. The number of rotatable bonds is 11. The van der Waals surface area contributed by atoms with Crippen LogP contribution in [0.15, 0.2) is 42.0 Å². The minimum Gasteiger partial charge on any atom is -0.497 e. The van der Waals surface area contributed by atoms with E-state index >= 15 is 0 Å². The molecule has 2 aromatic carbocycles. The van der Waals surface area contributed by atoms with Gasteiger partial charge >= 0.3 is 0 Å². The Labute approximate surface area is 193 Å². The summed E-state index contributed by atoms with van der Waals surface area (Å²) in [7, 11) is 4.58. The molecule has 7 nitrogen and oxygen atoms in total. The summed E-state index contributed by atoms with van der Waals surface area (Å²) in [6.07, 6.45) is 4.28.